The number of rotatable bonds is 11. The maximum Gasteiger partial charge on any atom is 0.326 e. The molecular formula is C26H19Cl2N5O7. The van der Waals surface area contributed by atoms with Gasteiger partial charge in [0.15, 0.2) is 0 Å². The van der Waals surface area contributed by atoms with Crippen LogP contribution in [0.5, 0.6) is 0 Å². The van der Waals surface area contributed by atoms with Crippen molar-refractivity contribution in [2.24, 2.45) is 0 Å². The molecule has 0 saturated heterocycles. The third-order valence-corrected chi connectivity index (χ3v) is 6.44. The number of carbonyl (C=O) groups excluding carboxylic acids is 1. The van der Waals surface area contributed by atoms with Crippen molar-refractivity contribution in [1.29, 1.82) is 0 Å². The zero-order valence-electron chi connectivity index (χ0n) is 20.3. The first-order chi connectivity index (χ1) is 19.0. The lowest BCUT2D eigenvalue weighted by atomic mass is 10.0. The Morgan fingerprint density at radius 2 is 1.60 bits per heavy atom. The molecule has 204 valence electrons. The van der Waals surface area contributed by atoms with Crippen molar-refractivity contribution in [2.45, 2.75) is 19.0 Å². The van der Waals surface area contributed by atoms with Crippen LogP contribution in [0.15, 0.2) is 70.5 Å². The van der Waals surface area contributed by atoms with Crippen LogP contribution in [0.4, 0.5) is 22.7 Å². The van der Waals surface area contributed by atoms with Gasteiger partial charge < -0.3 is 21.1 Å². The summed E-state index contributed by atoms with van der Waals surface area (Å²) in [4.78, 5) is 63.1. The Morgan fingerprint density at radius 1 is 0.950 bits per heavy atom. The molecule has 1 atom stereocenters. The highest BCUT2D eigenvalue weighted by Gasteiger charge is 2.27. The number of nitro groups is 1. The molecule has 4 aromatic rings. The molecule has 1 aromatic heterocycles. The van der Waals surface area contributed by atoms with Crippen LogP contribution in [0.3, 0.4) is 0 Å². The number of nitro benzene ring substituents is 1. The number of benzene rings is 2. The summed E-state index contributed by atoms with van der Waals surface area (Å²) in [5, 5.41) is 29.0. The number of hydrogen-bond donors (Lipinski definition) is 4. The number of anilines is 3. The number of amides is 1. The van der Waals surface area contributed by atoms with E-state index in [4.69, 9.17) is 23.2 Å². The van der Waals surface area contributed by atoms with Gasteiger partial charge >= 0.3 is 5.97 Å². The van der Waals surface area contributed by atoms with Crippen LogP contribution >= 0.6 is 23.2 Å². The number of carboxylic acids is 1. The molecule has 0 aliphatic carbocycles. The number of nitrogens with zero attached hydrogens (tertiary/aromatic N) is 2. The lowest BCUT2D eigenvalue weighted by Gasteiger charge is -2.20. The zero-order chi connectivity index (χ0) is 29.0. The van der Waals surface area contributed by atoms with Crippen LogP contribution in [0.25, 0.3) is 0 Å². The van der Waals surface area contributed by atoms with Crippen molar-refractivity contribution >= 4 is 57.8 Å². The van der Waals surface area contributed by atoms with Gasteiger partial charge in [0.2, 0.25) is 0 Å². The molecule has 12 nitrogen and oxygen atoms in total. The minimum atomic E-state index is -1.28. The highest BCUT2D eigenvalue weighted by molar-refractivity contribution is 6.39. The number of halogens is 2. The number of non-ortho nitro benzene ring substituents is 1. The van der Waals surface area contributed by atoms with Crippen molar-refractivity contribution in [3.05, 3.63) is 118 Å². The SMILES string of the molecule is O=C(Nc1c(Cl)cncc1Cl)c1ccc(C[C@H](Nc2c(NCc3cccc([N+](=O)[O-])c3)c(=O)c2=O)C(=O)O)cc1. The van der Waals surface area contributed by atoms with Gasteiger partial charge in [-0.3, -0.25) is 29.5 Å². The fourth-order valence-corrected chi connectivity index (χ4v) is 4.25. The van der Waals surface area contributed by atoms with Gasteiger partial charge in [0.25, 0.3) is 22.5 Å². The molecule has 0 unspecified atom stereocenters. The van der Waals surface area contributed by atoms with Crippen LogP contribution in [0.1, 0.15) is 21.5 Å². The predicted molar refractivity (Wildman–Crippen MR) is 149 cm³/mol. The molecule has 1 amide bonds. The summed E-state index contributed by atoms with van der Waals surface area (Å²) >= 11 is 12.1. The second kappa shape index (κ2) is 11.9. The summed E-state index contributed by atoms with van der Waals surface area (Å²) < 4.78 is 0. The molecular weight excluding hydrogens is 565 g/mol. The topological polar surface area (TPSA) is 181 Å². The van der Waals surface area contributed by atoms with Gasteiger partial charge in [-0.1, -0.05) is 47.5 Å². The Hall–Kier alpha value is -4.81. The number of nitrogens with one attached hydrogen (secondary N) is 3. The number of aromatic nitrogens is 1. The van der Waals surface area contributed by atoms with E-state index in [9.17, 15) is 34.4 Å². The quantitative estimate of drug-likeness (QED) is 0.115. The van der Waals surface area contributed by atoms with Crippen LogP contribution in [0.2, 0.25) is 10.0 Å². The molecule has 4 rings (SSSR count). The normalized spacial score (nSPS) is 11.6. The van der Waals surface area contributed by atoms with Gasteiger partial charge in [-0.05, 0) is 23.3 Å². The fraction of sp³-hybridized carbons (Fsp3) is 0.115. The van der Waals surface area contributed by atoms with Crippen molar-refractivity contribution in [3.8, 4) is 0 Å². The van der Waals surface area contributed by atoms with Crippen molar-refractivity contribution in [3.63, 3.8) is 0 Å². The molecule has 0 aliphatic heterocycles. The van der Waals surface area contributed by atoms with Gasteiger partial charge in [-0.25, -0.2) is 4.79 Å². The van der Waals surface area contributed by atoms with E-state index in [1.165, 1.54) is 42.7 Å². The van der Waals surface area contributed by atoms with Crippen molar-refractivity contribution in [1.82, 2.24) is 4.98 Å². The summed E-state index contributed by atoms with van der Waals surface area (Å²) in [6.07, 6.45) is 2.58. The third-order valence-electron chi connectivity index (χ3n) is 5.87. The number of aliphatic carboxylic acids is 1. The van der Waals surface area contributed by atoms with Gasteiger partial charge in [0, 0.05) is 43.1 Å². The average Bonchev–Trinajstić information content (AvgIpc) is 2.94. The first-order valence-corrected chi connectivity index (χ1v) is 12.3. The highest BCUT2D eigenvalue weighted by Crippen LogP contribution is 2.29. The summed E-state index contributed by atoms with van der Waals surface area (Å²) in [7, 11) is 0. The molecule has 4 N–H and O–H groups in total. The summed E-state index contributed by atoms with van der Waals surface area (Å²) in [5.41, 5.74) is -0.680. The molecule has 0 spiro atoms. The zero-order valence-corrected chi connectivity index (χ0v) is 21.8. The Balaban J connectivity index is 1.43. The molecule has 0 fully saturated rings. The lowest BCUT2D eigenvalue weighted by Crippen LogP contribution is -2.42. The monoisotopic (exact) mass is 583 g/mol. The fourth-order valence-electron chi connectivity index (χ4n) is 3.79. The van der Waals surface area contributed by atoms with Crippen LogP contribution in [-0.2, 0) is 17.8 Å². The molecule has 0 bridgehead atoms. The van der Waals surface area contributed by atoms with Crippen LogP contribution in [-0.4, -0.2) is 32.9 Å². The standard InChI is InChI=1S/C26H19Cl2N5O7/c27-17-11-29-12-18(28)20(17)32-25(36)15-6-4-13(5-7-15)9-19(26(37)38)31-22-21(23(34)24(22)35)30-10-14-2-1-3-16(8-14)33(39)40/h1-8,11-12,19,30-31H,9-10H2,(H,37,38)(H,29,32,36)/t19-/m0/s1. The van der Waals surface area contributed by atoms with E-state index in [0.717, 1.165) is 0 Å². The summed E-state index contributed by atoms with van der Waals surface area (Å²) in [5.74, 6) is -1.78. The van der Waals surface area contributed by atoms with Crippen LogP contribution in [0, 0.1) is 10.1 Å². The molecule has 0 saturated carbocycles. The van der Waals surface area contributed by atoms with Gasteiger partial charge in [0.1, 0.15) is 17.4 Å². The highest BCUT2D eigenvalue weighted by atomic mass is 35.5. The summed E-state index contributed by atoms with van der Waals surface area (Å²) in [6, 6.07) is 10.5. The predicted octanol–water partition coefficient (Wildman–Crippen LogP) is 3.86. The van der Waals surface area contributed by atoms with E-state index >= 15 is 0 Å². The van der Waals surface area contributed by atoms with Crippen molar-refractivity contribution in [2.75, 3.05) is 16.0 Å². The largest absolute Gasteiger partial charge is 0.480 e. The smallest absolute Gasteiger partial charge is 0.326 e. The Morgan fingerprint density at radius 3 is 2.23 bits per heavy atom. The maximum atomic E-state index is 12.6. The molecule has 0 aliphatic rings. The second-order valence-corrected chi connectivity index (χ2v) is 9.37. The third kappa shape index (κ3) is 6.25. The molecule has 14 heteroatoms. The molecule has 0 radical (unpaired) electrons. The Kier molecular flexibility index (Phi) is 8.41. The molecule has 3 aromatic carbocycles. The van der Waals surface area contributed by atoms with E-state index < -0.39 is 33.7 Å². The van der Waals surface area contributed by atoms with Crippen LogP contribution < -0.4 is 26.8 Å². The summed E-state index contributed by atoms with van der Waals surface area (Å²) in [6.45, 7) is -0.00159. The van der Waals surface area contributed by atoms with E-state index in [1.807, 2.05) is 0 Å². The van der Waals surface area contributed by atoms with Gasteiger partial charge in [0.05, 0.1) is 20.7 Å². The minimum absolute atomic E-state index is 0.00159. The lowest BCUT2D eigenvalue weighted by molar-refractivity contribution is -0.384. The number of carbonyl (C=O) groups is 2. The number of carboxylic acid groups (broad SMARTS) is 1. The first-order valence-electron chi connectivity index (χ1n) is 11.5. The van der Waals surface area contributed by atoms with E-state index in [-0.39, 0.29) is 51.3 Å². The molecule has 40 heavy (non-hydrogen) atoms. The van der Waals surface area contributed by atoms with E-state index in [1.54, 1.807) is 18.2 Å². The first kappa shape index (κ1) is 28.2. The van der Waals surface area contributed by atoms with Gasteiger partial charge in [-0.2, -0.15) is 0 Å². The maximum absolute atomic E-state index is 12.6. The Bertz CT molecular complexity index is 1660. The Labute approximate surface area is 235 Å². The van der Waals surface area contributed by atoms with E-state index in [2.05, 4.69) is 20.9 Å². The van der Waals surface area contributed by atoms with Gasteiger partial charge in [-0.15, -0.1) is 0 Å². The van der Waals surface area contributed by atoms with Crippen molar-refractivity contribution < 1.29 is 19.6 Å². The average molecular weight is 584 g/mol. The minimum Gasteiger partial charge on any atom is -0.480 e. The number of pyridine rings is 1. The number of hydrogen-bond acceptors (Lipinski definition) is 9. The van der Waals surface area contributed by atoms with E-state index in [0.29, 0.717) is 11.1 Å². The second-order valence-electron chi connectivity index (χ2n) is 8.56. The molecule has 1 heterocycles.